The van der Waals surface area contributed by atoms with Gasteiger partial charge in [-0.3, -0.25) is 4.79 Å². The van der Waals surface area contributed by atoms with Gasteiger partial charge >= 0.3 is 0 Å². The highest BCUT2D eigenvalue weighted by atomic mass is 16.3. The first-order chi connectivity index (χ1) is 25.2. The number of amides is 1. The molecule has 0 fully saturated rings. The topological polar surface area (TPSA) is 69.6 Å². The Morgan fingerprint density at radius 2 is 0.863 bits per heavy atom. The predicted octanol–water partition coefficient (Wildman–Crippen LogP) is 12.4. The maximum atomic E-state index is 12.2. The zero-order valence-electron chi connectivity index (χ0n) is 32.3. The van der Waals surface area contributed by atoms with E-state index in [4.69, 9.17) is 0 Å². The van der Waals surface area contributed by atoms with Crippen molar-refractivity contribution >= 4 is 5.91 Å². The van der Waals surface area contributed by atoms with E-state index in [0.29, 0.717) is 6.42 Å². The molecule has 0 aromatic carbocycles. The van der Waals surface area contributed by atoms with Crippen LogP contribution in [0.4, 0.5) is 0 Å². The SMILES string of the molecule is CC/C=C\C/C=C\C/C=C\C/C=C\C/C=C\C/C=C\C/C=C\C/C=C\C/C=C\C/C=C\CCCCC(=O)NC(CO)C(O)/C=C/CCCCCC. The van der Waals surface area contributed by atoms with E-state index in [9.17, 15) is 15.0 Å². The molecule has 0 saturated heterocycles. The van der Waals surface area contributed by atoms with Gasteiger partial charge in [-0.1, -0.05) is 167 Å². The largest absolute Gasteiger partial charge is 0.394 e. The molecular formula is C47H73NO3. The number of aliphatic hydroxyl groups excluding tert-OH is 2. The van der Waals surface area contributed by atoms with Crippen molar-refractivity contribution in [2.24, 2.45) is 0 Å². The number of unbranched alkanes of at least 4 members (excludes halogenated alkanes) is 6. The highest BCUT2D eigenvalue weighted by Gasteiger charge is 2.17. The van der Waals surface area contributed by atoms with Gasteiger partial charge in [0.1, 0.15) is 0 Å². The number of hydrogen-bond acceptors (Lipinski definition) is 3. The third kappa shape index (κ3) is 37.6. The number of carbonyl (C=O) groups excluding carboxylic acids is 1. The Morgan fingerprint density at radius 1 is 0.490 bits per heavy atom. The van der Waals surface area contributed by atoms with Crippen LogP contribution < -0.4 is 5.32 Å². The molecule has 0 bridgehead atoms. The summed E-state index contributed by atoms with van der Waals surface area (Å²) in [7, 11) is 0. The van der Waals surface area contributed by atoms with Crippen molar-refractivity contribution < 1.29 is 15.0 Å². The van der Waals surface area contributed by atoms with Crippen LogP contribution in [0.5, 0.6) is 0 Å². The van der Waals surface area contributed by atoms with Gasteiger partial charge < -0.3 is 15.5 Å². The van der Waals surface area contributed by atoms with Gasteiger partial charge in [0.05, 0.1) is 18.8 Å². The van der Waals surface area contributed by atoms with Crippen LogP contribution >= 0.6 is 0 Å². The number of hydrogen-bond donors (Lipinski definition) is 3. The Bertz CT molecular complexity index is 1110. The molecule has 284 valence electrons. The smallest absolute Gasteiger partial charge is 0.220 e. The van der Waals surface area contributed by atoms with Crippen LogP contribution in [-0.2, 0) is 4.79 Å². The fraction of sp³-hybridized carbons (Fsp3) is 0.511. The lowest BCUT2D eigenvalue weighted by Crippen LogP contribution is -2.45. The Morgan fingerprint density at radius 3 is 1.25 bits per heavy atom. The molecule has 0 rings (SSSR count). The van der Waals surface area contributed by atoms with Gasteiger partial charge in [-0.15, -0.1) is 0 Å². The third-order valence-electron chi connectivity index (χ3n) is 7.89. The zero-order chi connectivity index (χ0) is 37.1. The van der Waals surface area contributed by atoms with Gasteiger partial charge in [0.15, 0.2) is 0 Å². The Labute approximate surface area is 313 Å². The second-order valence-electron chi connectivity index (χ2n) is 12.6. The van der Waals surface area contributed by atoms with Crippen LogP contribution in [0.1, 0.15) is 136 Å². The maximum Gasteiger partial charge on any atom is 0.220 e. The summed E-state index contributed by atoms with van der Waals surface area (Å²) in [4.78, 5) is 12.2. The van der Waals surface area contributed by atoms with Gasteiger partial charge in [0.25, 0.3) is 0 Å². The average molecular weight is 700 g/mol. The standard InChI is InChI=1S/C47H73NO3/c1-3-5-7-9-11-12-13-14-15-16-17-18-19-20-21-22-23-24-25-26-27-28-29-30-31-32-33-34-35-36-37-39-41-43-47(51)48-45(44-49)46(50)42-40-38-10-8-6-4-2/h5,7,11-12,14-15,17-18,20-21,23-24,26-27,29-30,32-33,35-36,40,42,45-46,49-50H,3-4,6,8-10,13,16,19,22,25,28,31,34,37-39,41,43-44H2,1-2H3,(H,48,51)/b7-5-,12-11-,15-14-,18-17-,21-20-,24-23-,27-26-,30-29-,33-32-,36-35-,42-40+. The van der Waals surface area contributed by atoms with Crippen molar-refractivity contribution in [3.63, 3.8) is 0 Å². The summed E-state index contributed by atoms with van der Waals surface area (Å²) in [5.41, 5.74) is 0. The minimum atomic E-state index is -0.863. The molecule has 0 heterocycles. The first kappa shape index (κ1) is 47.5. The predicted molar refractivity (Wildman–Crippen MR) is 225 cm³/mol. The molecule has 0 aliphatic rings. The Kier molecular flexibility index (Phi) is 38.2. The van der Waals surface area contributed by atoms with E-state index in [1.807, 2.05) is 6.08 Å². The van der Waals surface area contributed by atoms with Gasteiger partial charge in [-0.2, -0.15) is 0 Å². The monoisotopic (exact) mass is 700 g/mol. The molecule has 51 heavy (non-hydrogen) atoms. The number of allylic oxidation sites excluding steroid dienone is 21. The van der Waals surface area contributed by atoms with E-state index < -0.39 is 12.1 Å². The van der Waals surface area contributed by atoms with Gasteiger partial charge in [-0.25, -0.2) is 0 Å². The van der Waals surface area contributed by atoms with Crippen molar-refractivity contribution in [2.75, 3.05) is 6.61 Å². The summed E-state index contributed by atoms with van der Waals surface area (Å²) in [6.07, 6.45) is 65.7. The minimum absolute atomic E-state index is 0.121. The minimum Gasteiger partial charge on any atom is -0.394 e. The first-order valence-electron chi connectivity index (χ1n) is 19.9. The van der Waals surface area contributed by atoms with Crippen LogP contribution in [0, 0.1) is 0 Å². The van der Waals surface area contributed by atoms with E-state index >= 15 is 0 Å². The van der Waals surface area contributed by atoms with E-state index in [0.717, 1.165) is 96.3 Å². The van der Waals surface area contributed by atoms with Gasteiger partial charge in [0, 0.05) is 6.42 Å². The van der Waals surface area contributed by atoms with Crippen molar-refractivity contribution in [3.05, 3.63) is 134 Å². The quantitative estimate of drug-likeness (QED) is 0.0472. The maximum absolute atomic E-state index is 12.2. The Balaban J connectivity index is 3.76. The third-order valence-corrected chi connectivity index (χ3v) is 7.89. The summed E-state index contributed by atoms with van der Waals surface area (Å²) in [6, 6.07) is -0.651. The lowest BCUT2D eigenvalue weighted by atomic mass is 10.1. The van der Waals surface area contributed by atoms with Crippen molar-refractivity contribution in [3.8, 4) is 0 Å². The molecule has 1 amide bonds. The highest BCUT2D eigenvalue weighted by Crippen LogP contribution is 2.06. The van der Waals surface area contributed by atoms with Crippen LogP contribution in [0.2, 0.25) is 0 Å². The molecule has 0 radical (unpaired) electrons. The van der Waals surface area contributed by atoms with Crippen molar-refractivity contribution in [2.45, 2.75) is 148 Å². The van der Waals surface area contributed by atoms with Crippen LogP contribution in [0.25, 0.3) is 0 Å². The number of aliphatic hydroxyl groups is 2. The van der Waals surface area contributed by atoms with Gasteiger partial charge in [0.2, 0.25) is 5.91 Å². The molecule has 0 aromatic rings. The second-order valence-corrected chi connectivity index (χ2v) is 12.6. The number of nitrogens with one attached hydrogen (secondary N) is 1. The second kappa shape index (κ2) is 41.0. The molecule has 0 saturated carbocycles. The normalized spacial score (nSPS) is 14.5. The van der Waals surface area contributed by atoms with E-state index in [1.54, 1.807) is 6.08 Å². The van der Waals surface area contributed by atoms with Gasteiger partial charge in [-0.05, 0) is 96.3 Å². The molecule has 3 N–H and O–H groups in total. The first-order valence-corrected chi connectivity index (χ1v) is 19.9. The Hall–Kier alpha value is -3.47. The van der Waals surface area contributed by atoms with E-state index in [-0.39, 0.29) is 12.5 Å². The van der Waals surface area contributed by atoms with E-state index in [2.05, 4.69) is 141 Å². The number of rotatable bonds is 33. The highest BCUT2D eigenvalue weighted by molar-refractivity contribution is 5.76. The fourth-order valence-corrected chi connectivity index (χ4v) is 4.85. The molecule has 4 heteroatoms. The molecular weight excluding hydrogens is 627 g/mol. The van der Waals surface area contributed by atoms with Crippen LogP contribution in [0.15, 0.2) is 134 Å². The summed E-state index contributed by atoms with van der Waals surface area (Å²) in [6.45, 7) is 4.07. The summed E-state index contributed by atoms with van der Waals surface area (Å²) < 4.78 is 0. The fourth-order valence-electron chi connectivity index (χ4n) is 4.85. The molecule has 2 atom stereocenters. The van der Waals surface area contributed by atoms with Crippen molar-refractivity contribution in [1.29, 1.82) is 0 Å². The summed E-state index contributed by atoms with van der Waals surface area (Å²) in [5, 5.41) is 22.6. The van der Waals surface area contributed by atoms with Crippen LogP contribution in [0.3, 0.4) is 0 Å². The molecule has 4 nitrogen and oxygen atoms in total. The average Bonchev–Trinajstić information content (AvgIpc) is 3.13. The lowest BCUT2D eigenvalue weighted by Gasteiger charge is -2.19. The van der Waals surface area contributed by atoms with E-state index in [1.165, 1.54) is 19.3 Å². The van der Waals surface area contributed by atoms with Crippen molar-refractivity contribution in [1.82, 2.24) is 5.32 Å². The summed E-state index contributed by atoms with van der Waals surface area (Å²) >= 11 is 0. The summed E-state index contributed by atoms with van der Waals surface area (Å²) in [5.74, 6) is -0.121. The molecule has 0 aromatic heterocycles. The molecule has 0 spiro atoms. The molecule has 0 aliphatic heterocycles. The zero-order valence-corrected chi connectivity index (χ0v) is 32.3. The lowest BCUT2D eigenvalue weighted by molar-refractivity contribution is -0.123. The number of carbonyl (C=O) groups is 1. The molecule has 2 unspecified atom stereocenters. The van der Waals surface area contributed by atoms with Crippen LogP contribution in [-0.4, -0.2) is 34.9 Å². The molecule has 0 aliphatic carbocycles.